The predicted molar refractivity (Wildman–Crippen MR) is 141 cm³/mol. The first-order chi connectivity index (χ1) is 18.6. The molecule has 0 spiro atoms. The third-order valence-corrected chi connectivity index (χ3v) is 5.52. The quantitative estimate of drug-likeness (QED) is 0.195. The van der Waals surface area contributed by atoms with Crippen LogP contribution in [0.25, 0.3) is 4.85 Å². The minimum Gasteiger partial charge on any atom is -0.491 e. The van der Waals surface area contributed by atoms with Crippen LogP contribution >= 0.6 is 11.6 Å². The van der Waals surface area contributed by atoms with E-state index in [9.17, 15) is 22.8 Å². The van der Waals surface area contributed by atoms with Crippen LogP contribution in [0.5, 0.6) is 5.75 Å². The summed E-state index contributed by atoms with van der Waals surface area (Å²) >= 11 is 6.05. The zero-order valence-corrected chi connectivity index (χ0v) is 21.1. The van der Waals surface area contributed by atoms with E-state index in [2.05, 4.69) is 25.8 Å². The maximum Gasteiger partial charge on any atom is 0.416 e. The molecular weight excluding hydrogens is 537 g/mol. The van der Waals surface area contributed by atoms with E-state index < -0.39 is 29.7 Å². The van der Waals surface area contributed by atoms with Crippen LogP contribution in [0.3, 0.4) is 0 Å². The van der Waals surface area contributed by atoms with Crippen molar-refractivity contribution in [1.29, 1.82) is 0 Å². The number of rotatable bonds is 10. The summed E-state index contributed by atoms with van der Waals surface area (Å²) in [6.07, 6.45) is -3.13. The van der Waals surface area contributed by atoms with Crippen molar-refractivity contribution < 1.29 is 27.5 Å². The van der Waals surface area contributed by atoms with Crippen molar-refractivity contribution in [3.05, 3.63) is 88.4 Å². The molecule has 0 fully saturated rings. The van der Waals surface area contributed by atoms with E-state index in [-0.39, 0.29) is 36.6 Å². The number of amides is 3. The van der Waals surface area contributed by atoms with Gasteiger partial charge in [0.25, 0.3) is 0 Å². The van der Waals surface area contributed by atoms with Crippen LogP contribution in [-0.2, 0) is 17.4 Å². The molecule has 204 valence electrons. The molecule has 0 aliphatic heterocycles. The number of benzene rings is 2. The van der Waals surface area contributed by atoms with Crippen molar-refractivity contribution in [1.82, 2.24) is 10.3 Å². The van der Waals surface area contributed by atoms with E-state index in [1.54, 1.807) is 12.1 Å². The molecule has 3 rings (SSSR count). The highest BCUT2D eigenvalue weighted by molar-refractivity contribution is 6.31. The van der Waals surface area contributed by atoms with Gasteiger partial charge >= 0.3 is 12.2 Å². The second kappa shape index (κ2) is 13.5. The van der Waals surface area contributed by atoms with Gasteiger partial charge in [-0.05, 0) is 48.7 Å². The Hall–Kier alpha value is -4.34. The second-order valence-corrected chi connectivity index (χ2v) is 8.63. The summed E-state index contributed by atoms with van der Waals surface area (Å²) in [6.45, 7) is 7.24. The van der Waals surface area contributed by atoms with Gasteiger partial charge in [-0.15, -0.1) is 0 Å². The minimum atomic E-state index is -4.54. The lowest BCUT2D eigenvalue weighted by Crippen LogP contribution is -2.42. The summed E-state index contributed by atoms with van der Waals surface area (Å²) in [7, 11) is 0. The van der Waals surface area contributed by atoms with Crippen LogP contribution in [0.15, 0.2) is 60.8 Å². The average molecular weight is 561 g/mol. The summed E-state index contributed by atoms with van der Waals surface area (Å²) in [5.74, 6) is -0.0339. The molecule has 1 heterocycles. The van der Waals surface area contributed by atoms with Crippen LogP contribution < -0.4 is 26.4 Å². The second-order valence-electron chi connectivity index (χ2n) is 8.19. The zero-order chi connectivity index (χ0) is 28.4. The molecule has 0 bridgehead atoms. The molecule has 0 aliphatic carbocycles. The van der Waals surface area contributed by atoms with E-state index in [4.69, 9.17) is 28.6 Å². The predicted octanol–water partition coefficient (Wildman–Crippen LogP) is 5.40. The molecule has 1 atom stereocenters. The molecule has 1 unspecified atom stereocenters. The molecular formula is C26H24ClF3N6O3. The van der Waals surface area contributed by atoms with Gasteiger partial charge in [-0.3, -0.25) is 15.1 Å². The van der Waals surface area contributed by atoms with Gasteiger partial charge in [0.1, 0.15) is 11.6 Å². The van der Waals surface area contributed by atoms with Crippen LogP contribution in [-0.4, -0.2) is 36.1 Å². The first kappa shape index (κ1) is 29.2. The summed E-state index contributed by atoms with van der Waals surface area (Å²) in [5.41, 5.74) is 5.57. The fraction of sp³-hybridized carbons (Fsp3) is 0.231. The highest BCUT2D eigenvalue weighted by atomic mass is 35.5. The number of halogens is 4. The molecule has 39 heavy (non-hydrogen) atoms. The standard InChI is InChI=1S/C26H24ClF3N6O3/c1-32-18-8-10-23(34-15-18)36-25(38)35-21-14-17(27)7-9-22(21)39-12-4-11-33-24(37)20(31)13-16-5-2-3-6-19(16)26(28,29)30/h2-3,5-10,14-15,20H,4,11-13,31H2,(H,33,37)(H2,34,35,36,38). The van der Waals surface area contributed by atoms with E-state index in [0.29, 0.717) is 22.9 Å². The third-order valence-electron chi connectivity index (χ3n) is 5.29. The van der Waals surface area contributed by atoms with Crippen LogP contribution in [0, 0.1) is 6.57 Å². The number of aromatic nitrogens is 1. The highest BCUT2D eigenvalue weighted by Gasteiger charge is 2.33. The van der Waals surface area contributed by atoms with Crippen molar-refractivity contribution >= 4 is 40.7 Å². The largest absolute Gasteiger partial charge is 0.491 e. The van der Waals surface area contributed by atoms with Crippen LogP contribution in [0.1, 0.15) is 17.5 Å². The molecule has 5 N–H and O–H groups in total. The van der Waals surface area contributed by atoms with Gasteiger partial charge in [0.05, 0.1) is 30.5 Å². The summed E-state index contributed by atoms with van der Waals surface area (Å²) < 4.78 is 45.2. The summed E-state index contributed by atoms with van der Waals surface area (Å²) in [6, 6.07) is 10.8. The Balaban J connectivity index is 1.47. The number of nitrogens with two attached hydrogens (primary N) is 1. The van der Waals surface area contributed by atoms with Gasteiger partial charge in [-0.25, -0.2) is 9.64 Å². The van der Waals surface area contributed by atoms with Gasteiger partial charge in [0.15, 0.2) is 0 Å². The number of urea groups is 1. The van der Waals surface area contributed by atoms with Crippen molar-refractivity contribution in [2.45, 2.75) is 25.1 Å². The summed E-state index contributed by atoms with van der Waals surface area (Å²) in [5, 5.41) is 8.09. The lowest BCUT2D eigenvalue weighted by Gasteiger charge is -2.17. The third kappa shape index (κ3) is 8.87. The maximum atomic E-state index is 13.2. The first-order valence-corrected chi connectivity index (χ1v) is 12.0. The van der Waals surface area contributed by atoms with E-state index in [1.165, 1.54) is 42.6 Å². The highest BCUT2D eigenvalue weighted by Crippen LogP contribution is 2.32. The zero-order valence-electron chi connectivity index (χ0n) is 20.4. The number of hydrogen-bond donors (Lipinski definition) is 4. The minimum absolute atomic E-state index is 0.0565. The Morgan fingerprint density at radius 3 is 2.59 bits per heavy atom. The van der Waals surface area contributed by atoms with Gasteiger partial charge in [-0.2, -0.15) is 13.2 Å². The number of ether oxygens (including phenoxy) is 1. The molecule has 13 heteroatoms. The number of carbonyl (C=O) groups excluding carboxylic acids is 2. The normalized spacial score (nSPS) is 11.7. The lowest BCUT2D eigenvalue weighted by molar-refractivity contribution is -0.138. The number of hydrogen-bond acceptors (Lipinski definition) is 5. The van der Waals surface area contributed by atoms with E-state index >= 15 is 0 Å². The van der Waals surface area contributed by atoms with Crippen molar-refractivity contribution in [2.24, 2.45) is 5.73 Å². The van der Waals surface area contributed by atoms with Gasteiger partial charge in [0.2, 0.25) is 11.6 Å². The van der Waals surface area contributed by atoms with Crippen LogP contribution in [0.2, 0.25) is 5.02 Å². The van der Waals surface area contributed by atoms with Gasteiger partial charge in [-0.1, -0.05) is 35.9 Å². The number of nitrogens with one attached hydrogen (secondary N) is 3. The van der Waals surface area contributed by atoms with Gasteiger partial charge in [0, 0.05) is 17.8 Å². The molecule has 9 nitrogen and oxygen atoms in total. The Bertz CT molecular complexity index is 1350. The summed E-state index contributed by atoms with van der Waals surface area (Å²) in [4.78, 5) is 31.9. The Labute approximate surface area is 227 Å². The van der Waals surface area contributed by atoms with Crippen LogP contribution in [0.4, 0.5) is 35.2 Å². The molecule has 2 aromatic carbocycles. The number of anilines is 2. The molecule has 0 saturated carbocycles. The smallest absolute Gasteiger partial charge is 0.416 e. The molecule has 3 aromatic rings. The average Bonchev–Trinajstić information content (AvgIpc) is 2.89. The van der Waals surface area contributed by atoms with E-state index in [1.807, 2.05) is 0 Å². The molecule has 1 aromatic heterocycles. The maximum absolute atomic E-state index is 13.2. The number of alkyl halides is 3. The molecule has 0 radical (unpaired) electrons. The monoisotopic (exact) mass is 560 g/mol. The number of nitrogens with zero attached hydrogens (tertiary/aromatic N) is 2. The number of pyridine rings is 1. The van der Waals surface area contributed by atoms with Crippen molar-refractivity contribution in [3.63, 3.8) is 0 Å². The van der Waals surface area contributed by atoms with Gasteiger partial charge < -0.3 is 21.1 Å². The van der Waals surface area contributed by atoms with E-state index in [0.717, 1.165) is 6.07 Å². The molecule has 0 aliphatic rings. The lowest BCUT2D eigenvalue weighted by atomic mass is 10.00. The molecule has 3 amide bonds. The van der Waals surface area contributed by atoms with Crippen molar-refractivity contribution in [2.75, 3.05) is 23.8 Å². The van der Waals surface area contributed by atoms with Crippen molar-refractivity contribution in [3.8, 4) is 5.75 Å². The topological polar surface area (TPSA) is 123 Å². The fourth-order valence-electron chi connectivity index (χ4n) is 3.42. The number of carbonyl (C=O) groups is 2. The fourth-order valence-corrected chi connectivity index (χ4v) is 3.60. The molecule has 0 saturated heterocycles. The Morgan fingerprint density at radius 2 is 1.90 bits per heavy atom. The first-order valence-electron chi connectivity index (χ1n) is 11.6. The SMILES string of the molecule is [C-]#[N+]c1ccc(NC(=O)Nc2cc(Cl)ccc2OCCCNC(=O)C(N)Cc2ccccc2C(F)(F)F)nc1. The Morgan fingerprint density at radius 1 is 1.13 bits per heavy atom. The Kier molecular flexibility index (Phi) is 10.1.